The number of carbonyl (C=O) groups is 2. The number of aromatic nitrogens is 1. The van der Waals surface area contributed by atoms with Crippen molar-refractivity contribution in [1.29, 1.82) is 0 Å². The number of H-pyrrole nitrogens is 1. The standard InChI is InChI=1S/C28H27N3O4/c1-34-22-11-7-19(8-12-22)17-26(31-27(32)20-9-13-23(35-2)14-10-20)28(33)29-16-15-21-18-30-25-6-4-3-5-24(21)25/h3-14,17-18,30H,15-16H2,1-2H3,(H,29,33)(H,31,32)/b26-17-. The molecule has 0 fully saturated rings. The van der Waals surface area contributed by atoms with E-state index < -0.39 is 0 Å². The van der Waals surface area contributed by atoms with E-state index in [0.717, 1.165) is 22.0 Å². The lowest BCUT2D eigenvalue weighted by molar-refractivity contribution is -0.117. The molecule has 35 heavy (non-hydrogen) atoms. The van der Waals surface area contributed by atoms with Crippen LogP contribution in [0.4, 0.5) is 0 Å². The summed E-state index contributed by atoms with van der Waals surface area (Å²) in [7, 11) is 3.15. The van der Waals surface area contributed by atoms with Gasteiger partial charge in [0.2, 0.25) is 0 Å². The molecular formula is C28H27N3O4. The summed E-state index contributed by atoms with van der Waals surface area (Å²) in [5, 5.41) is 6.80. The van der Waals surface area contributed by atoms with Crippen molar-refractivity contribution in [3.8, 4) is 11.5 Å². The molecule has 3 N–H and O–H groups in total. The first-order valence-corrected chi connectivity index (χ1v) is 11.2. The molecular weight excluding hydrogens is 442 g/mol. The third kappa shape index (κ3) is 5.89. The number of amides is 2. The Morgan fingerprint density at radius 1 is 0.886 bits per heavy atom. The highest BCUT2D eigenvalue weighted by molar-refractivity contribution is 6.05. The third-order valence-corrected chi connectivity index (χ3v) is 5.63. The molecule has 0 atom stereocenters. The molecule has 4 aromatic rings. The third-order valence-electron chi connectivity index (χ3n) is 5.63. The van der Waals surface area contributed by atoms with Crippen LogP contribution < -0.4 is 20.1 Å². The molecule has 1 heterocycles. The SMILES string of the molecule is COc1ccc(/C=C(\NC(=O)c2ccc(OC)cc2)C(=O)NCCc2c[nH]c3ccccc23)cc1. The fourth-order valence-electron chi connectivity index (χ4n) is 3.71. The Balaban J connectivity index is 1.49. The molecule has 4 rings (SSSR count). The molecule has 0 saturated heterocycles. The molecule has 1 aromatic heterocycles. The van der Waals surface area contributed by atoms with E-state index in [1.807, 2.05) is 42.6 Å². The summed E-state index contributed by atoms with van der Waals surface area (Å²) in [5.41, 5.74) is 3.49. The predicted molar refractivity (Wildman–Crippen MR) is 136 cm³/mol. The van der Waals surface area contributed by atoms with Crippen LogP contribution in [0.5, 0.6) is 11.5 Å². The van der Waals surface area contributed by atoms with Gasteiger partial charge in [-0.1, -0.05) is 30.3 Å². The maximum Gasteiger partial charge on any atom is 0.267 e. The Morgan fingerprint density at radius 3 is 2.23 bits per heavy atom. The molecule has 7 nitrogen and oxygen atoms in total. The number of ether oxygens (including phenoxy) is 2. The van der Waals surface area contributed by atoms with Crippen molar-refractivity contribution in [3.63, 3.8) is 0 Å². The van der Waals surface area contributed by atoms with E-state index in [2.05, 4.69) is 15.6 Å². The average molecular weight is 470 g/mol. The number of fused-ring (bicyclic) bond motifs is 1. The Kier molecular flexibility index (Phi) is 7.47. The molecule has 0 aliphatic carbocycles. The molecule has 2 amide bonds. The van der Waals surface area contributed by atoms with Gasteiger partial charge in [-0.2, -0.15) is 0 Å². The molecule has 0 aliphatic heterocycles. The number of benzene rings is 3. The number of methoxy groups -OCH3 is 2. The lowest BCUT2D eigenvalue weighted by Gasteiger charge is -2.12. The zero-order valence-corrected chi connectivity index (χ0v) is 19.6. The summed E-state index contributed by atoms with van der Waals surface area (Å²) >= 11 is 0. The van der Waals surface area contributed by atoms with E-state index in [-0.39, 0.29) is 17.5 Å². The smallest absolute Gasteiger partial charge is 0.267 e. The lowest BCUT2D eigenvalue weighted by Crippen LogP contribution is -2.35. The van der Waals surface area contributed by atoms with Crippen molar-refractivity contribution in [2.75, 3.05) is 20.8 Å². The Morgan fingerprint density at radius 2 is 1.54 bits per heavy atom. The summed E-state index contributed by atoms with van der Waals surface area (Å²) in [6.45, 7) is 0.416. The van der Waals surface area contributed by atoms with Crippen LogP contribution in [0, 0.1) is 0 Å². The number of carbonyl (C=O) groups excluding carboxylic acids is 2. The van der Waals surface area contributed by atoms with Crippen LogP contribution >= 0.6 is 0 Å². The van der Waals surface area contributed by atoms with E-state index in [1.54, 1.807) is 56.7 Å². The van der Waals surface area contributed by atoms with Crippen molar-refractivity contribution >= 4 is 28.8 Å². The van der Waals surface area contributed by atoms with Gasteiger partial charge in [0.25, 0.3) is 11.8 Å². The lowest BCUT2D eigenvalue weighted by atomic mass is 10.1. The van der Waals surface area contributed by atoms with Gasteiger partial charge < -0.3 is 25.1 Å². The fraction of sp³-hybridized carbons (Fsp3) is 0.143. The minimum atomic E-state index is -0.390. The monoisotopic (exact) mass is 469 g/mol. The Hall–Kier alpha value is -4.52. The predicted octanol–water partition coefficient (Wildman–Crippen LogP) is 4.31. The van der Waals surface area contributed by atoms with Crippen LogP contribution in [0.15, 0.2) is 84.7 Å². The normalized spacial score (nSPS) is 11.2. The average Bonchev–Trinajstić information content (AvgIpc) is 3.31. The van der Waals surface area contributed by atoms with Gasteiger partial charge in [-0.05, 0) is 66.1 Å². The number of rotatable bonds is 9. The molecule has 0 saturated carbocycles. The summed E-state index contributed by atoms with van der Waals surface area (Å²) in [4.78, 5) is 29.2. The number of para-hydroxylation sites is 1. The van der Waals surface area contributed by atoms with E-state index >= 15 is 0 Å². The minimum absolute atomic E-state index is 0.148. The summed E-state index contributed by atoms with van der Waals surface area (Å²) in [5.74, 6) is 0.585. The van der Waals surface area contributed by atoms with Crippen LogP contribution in [0.2, 0.25) is 0 Å². The zero-order valence-electron chi connectivity index (χ0n) is 19.6. The summed E-state index contributed by atoms with van der Waals surface area (Å²) < 4.78 is 10.3. The molecule has 3 aromatic carbocycles. The van der Waals surface area contributed by atoms with E-state index in [4.69, 9.17) is 9.47 Å². The quantitative estimate of drug-likeness (QED) is 0.319. The van der Waals surface area contributed by atoms with Gasteiger partial charge in [-0.3, -0.25) is 9.59 Å². The minimum Gasteiger partial charge on any atom is -0.497 e. The van der Waals surface area contributed by atoms with Crippen molar-refractivity contribution in [1.82, 2.24) is 15.6 Å². The van der Waals surface area contributed by atoms with Gasteiger partial charge in [0.05, 0.1) is 14.2 Å². The van der Waals surface area contributed by atoms with Gasteiger partial charge in [0.1, 0.15) is 17.2 Å². The van der Waals surface area contributed by atoms with Crippen LogP contribution in [0.25, 0.3) is 17.0 Å². The van der Waals surface area contributed by atoms with Crippen LogP contribution in [0.3, 0.4) is 0 Å². The van der Waals surface area contributed by atoms with Gasteiger partial charge in [0.15, 0.2) is 0 Å². The zero-order chi connectivity index (χ0) is 24.6. The highest BCUT2D eigenvalue weighted by Crippen LogP contribution is 2.18. The molecule has 0 spiro atoms. The van der Waals surface area contributed by atoms with Crippen molar-refractivity contribution in [3.05, 3.63) is 101 Å². The van der Waals surface area contributed by atoms with Gasteiger partial charge in [0, 0.05) is 29.2 Å². The Bertz CT molecular complexity index is 1340. The molecule has 0 unspecified atom stereocenters. The van der Waals surface area contributed by atoms with E-state index in [0.29, 0.717) is 30.0 Å². The number of hydrogen-bond acceptors (Lipinski definition) is 4. The largest absolute Gasteiger partial charge is 0.497 e. The van der Waals surface area contributed by atoms with Crippen molar-refractivity contribution < 1.29 is 19.1 Å². The van der Waals surface area contributed by atoms with Crippen molar-refractivity contribution in [2.24, 2.45) is 0 Å². The number of hydrogen-bond donors (Lipinski definition) is 3. The molecule has 178 valence electrons. The summed E-state index contributed by atoms with van der Waals surface area (Å²) in [6.07, 6.45) is 4.25. The first-order chi connectivity index (χ1) is 17.1. The van der Waals surface area contributed by atoms with Crippen LogP contribution in [0.1, 0.15) is 21.5 Å². The van der Waals surface area contributed by atoms with Gasteiger partial charge >= 0.3 is 0 Å². The number of aromatic amines is 1. The maximum absolute atomic E-state index is 13.1. The maximum atomic E-state index is 13.1. The fourth-order valence-corrected chi connectivity index (χ4v) is 3.71. The first kappa shape index (κ1) is 23.6. The van der Waals surface area contributed by atoms with Gasteiger partial charge in [-0.25, -0.2) is 0 Å². The second-order valence-electron chi connectivity index (χ2n) is 7.88. The highest BCUT2D eigenvalue weighted by atomic mass is 16.5. The van der Waals surface area contributed by atoms with Crippen molar-refractivity contribution in [2.45, 2.75) is 6.42 Å². The molecule has 0 bridgehead atoms. The summed E-state index contributed by atoms with van der Waals surface area (Å²) in [6, 6.07) is 21.9. The molecule has 0 radical (unpaired) electrons. The second kappa shape index (κ2) is 11.1. The first-order valence-electron chi connectivity index (χ1n) is 11.2. The topological polar surface area (TPSA) is 92.4 Å². The molecule has 7 heteroatoms. The van der Waals surface area contributed by atoms with Crippen LogP contribution in [-0.4, -0.2) is 37.6 Å². The second-order valence-corrected chi connectivity index (χ2v) is 7.88. The number of nitrogens with one attached hydrogen (secondary N) is 3. The van der Waals surface area contributed by atoms with Gasteiger partial charge in [-0.15, -0.1) is 0 Å². The Labute approximate surface area is 203 Å². The van der Waals surface area contributed by atoms with E-state index in [1.165, 1.54) is 0 Å². The van der Waals surface area contributed by atoms with E-state index in [9.17, 15) is 9.59 Å². The van der Waals surface area contributed by atoms with Crippen LogP contribution in [-0.2, 0) is 11.2 Å². The molecule has 0 aliphatic rings. The highest BCUT2D eigenvalue weighted by Gasteiger charge is 2.15.